The zero-order valence-corrected chi connectivity index (χ0v) is 18.1. The van der Waals surface area contributed by atoms with Gasteiger partial charge in [0.05, 0.1) is 23.6 Å². The molecule has 0 aliphatic carbocycles. The second-order valence-electron chi connectivity index (χ2n) is 8.38. The van der Waals surface area contributed by atoms with Crippen LogP contribution in [-0.4, -0.2) is 35.0 Å². The van der Waals surface area contributed by atoms with Crippen LogP contribution in [0.3, 0.4) is 0 Å². The summed E-state index contributed by atoms with van der Waals surface area (Å²) in [6.45, 7) is 6.82. The quantitative estimate of drug-likeness (QED) is 0.739. The number of amides is 2. The second-order valence-corrected chi connectivity index (χ2v) is 8.38. The van der Waals surface area contributed by atoms with E-state index < -0.39 is 41.8 Å². The standard InChI is InChI=1S/C22H24F3N3O4/c1-13(14-8-6-5-7-9-14)28-18-10-15(31-22(23,24)25)12-26-16(18)11-17(19(28)29)27-20(30)32-21(2,3)4/h5-10,12-13,17H,11H2,1-4H3,(H,27,30)/t13-,17+/m0/s1. The summed E-state index contributed by atoms with van der Waals surface area (Å²) in [7, 11) is 0. The van der Waals surface area contributed by atoms with Gasteiger partial charge in [-0.05, 0) is 33.3 Å². The Kier molecular flexibility index (Phi) is 6.34. The fourth-order valence-corrected chi connectivity index (χ4v) is 3.43. The smallest absolute Gasteiger partial charge is 0.444 e. The summed E-state index contributed by atoms with van der Waals surface area (Å²) in [5.74, 6) is -1.03. The zero-order chi connectivity index (χ0) is 23.7. The first-order chi connectivity index (χ1) is 14.8. The Balaban J connectivity index is 1.98. The van der Waals surface area contributed by atoms with Crippen LogP contribution in [0.25, 0.3) is 0 Å². The van der Waals surface area contributed by atoms with Gasteiger partial charge in [0.25, 0.3) is 5.91 Å². The van der Waals surface area contributed by atoms with Gasteiger partial charge in [0.15, 0.2) is 0 Å². The van der Waals surface area contributed by atoms with Gasteiger partial charge < -0.3 is 19.7 Å². The number of hydrogen-bond donors (Lipinski definition) is 1. The van der Waals surface area contributed by atoms with Crippen LogP contribution in [0.1, 0.15) is 45.0 Å². The van der Waals surface area contributed by atoms with Crippen LogP contribution in [0, 0.1) is 0 Å². The van der Waals surface area contributed by atoms with Crippen LogP contribution in [-0.2, 0) is 16.0 Å². The number of ether oxygens (including phenoxy) is 2. The maximum absolute atomic E-state index is 13.4. The van der Waals surface area contributed by atoms with Crippen molar-refractivity contribution in [3.8, 4) is 5.75 Å². The van der Waals surface area contributed by atoms with Gasteiger partial charge in [-0.25, -0.2) is 4.79 Å². The first-order valence-electron chi connectivity index (χ1n) is 9.96. The Hall–Kier alpha value is -3.30. The molecule has 32 heavy (non-hydrogen) atoms. The number of anilines is 1. The molecule has 3 rings (SSSR count). The summed E-state index contributed by atoms with van der Waals surface area (Å²) in [6.07, 6.45) is -4.73. The number of alkyl halides is 3. The molecule has 2 amide bonds. The number of carbonyl (C=O) groups is 2. The Bertz CT molecular complexity index is 990. The van der Waals surface area contributed by atoms with Gasteiger partial charge in [-0.3, -0.25) is 9.78 Å². The van der Waals surface area contributed by atoms with E-state index >= 15 is 0 Å². The molecule has 2 aromatic rings. The zero-order valence-electron chi connectivity index (χ0n) is 18.1. The molecule has 10 heteroatoms. The van der Waals surface area contributed by atoms with Crippen LogP contribution in [0.15, 0.2) is 42.6 Å². The maximum Gasteiger partial charge on any atom is 0.573 e. The molecule has 0 radical (unpaired) electrons. The molecule has 2 heterocycles. The number of nitrogens with one attached hydrogen (secondary N) is 1. The first-order valence-corrected chi connectivity index (χ1v) is 9.96. The van der Waals surface area contributed by atoms with Crippen molar-refractivity contribution in [2.75, 3.05) is 4.90 Å². The van der Waals surface area contributed by atoms with Crippen molar-refractivity contribution in [1.29, 1.82) is 0 Å². The summed E-state index contributed by atoms with van der Waals surface area (Å²) in [6, 6.07) is 8.58. The number of benzene rings is 1. The van der Waals surface area contributed by atoms with Crippen molar-refractivity contribution in [3.05, 3.63) is 53.9 Å². The topological polar surface area (TPSA) is 80.8 Å². The van der Waals surface area contributed by atoms with Crippen LogP contribution in [0.4, 0.5) is 23.7 Å². The molecule has 1 N–H and O–H groups in total. The Morgan fingerprint density at radius 2 is 1.88 bits per heavy atom. The summed E-state index contributed by atoms with van der Waals surface area (Å²) in [5, 5.41) is 2.55. The van der Waals surface area contributed by atoms with E-state index in [9.17, 15) is 22.8 Å². The number of aromatic nitrogens is 1. The summed E-state index contributed by atoms with van der Waals surface area (Å²) >= 11 is 0. The average molecular weight is 451 g/mol. The Morgan fingerprint density at radius 1 is 1.22 bits per heavy atom. The monoisotopic (exact) mass is 451 g/mol. The predicted molar refractivity (Wildman–Crippen MR) is 110 cm³/mol. The largest absolute Gasteiger partial charge is 0.573 e. The van der Waals surface area contributed by atoms with E-state index in [-0.39, 0.29) is 12.1 Å². The minimum Gasteiger partial charge on any atom is -0.444 e. The van der Waals surface area contributed by atoms with Crippen molar-refractivity contribution in [1.82, 2.24) is 10.3 Å². The van der Waals surface area contributed by atoms with Gasteiger partial charge in [0.2, 0.25) is 0 Å². The molecule has 0 unspecified atom stereocenters. The summed E-state index contributed by atoms with van der Waals surface area (Å²) in [5.41, 5.74) is 0.531. The first kappa shape index (κ1) is 23.4. The van der Waals surface area contributed by atoms with Crippen molar-refractivity contribution >= 4 is 17.7 Å². The summed E-state index contributed by atoms with van der Waals surface area (Å²) in [4.78, 5) is 31.0. The molecule has 0 saturated carbocycles. The van der Waals surface area contributed by atoms with Crippen molar-refractivity contribution in [2.45, 2.75) is 58.2 Å². The molecule has 2 atom stereocenters. The second kappa shape index (κ2) is 8.68. The Morgan fingerprint density at radius 3 is 2.47 bits per heavy atom. The lowest BCUT2D eigenvalue weighted by Crippen LogP contribution is -2.54. The molecular weight excluding hydrogens is 427 g/mol. The average Bonchev–Trinajstić information content (AvgIpc) is 2.66. The number of hydrogen-bond acceptors (Lipinski definition) is 5. The minimum atomic E-state index is -4.90. The van der Waals surface area contributed by atoms with Crippen molar-refractivity contribution in [2.24, 2.45) is 0 Å². The van der Waals surface area contributed by atoms with Crippen LogP contribution < -0.4 is 15.0 Å². The van der Waals surface area contributed by atoms with Gasteiger partial charge in [-0.15, -0.1) is 13.2 Å². The molecule has 1 aliphatic heterocycles. The van der Waals surface area contributed by atoms with Gasteiger partial charge >= 0.3 is 12.5 Å². The molecule has 1 aromatic heterocycles. The lowest BCUT2D eigenvalue weighted by Gasteiger charge is -2.38. The highest BCUT2D eigenvalue weighted by molar-refractivity contribution is 6.02. The highest BCUT2D eigenvalue weighted by atomic mass is 19.4. The van der Waals surface area contributed by atoms with Gasteiger partial charge in [0.1, 0.15) is 17.4 Å². The lowest BCUT2D eigenvalue weighted by molar-refractivity contribution is -0.274. The number of halogens is 3. The fourth-order valence-electron chi connectivity index (χ4n) is 3.43. The molecule has 172 valence electrons. The Labute approximate surface area is 183 Å². The molecule has 1 aromatic carbocycles. The fraction of sp³-hybridized carbons (Fsp3) is 0.409. The third-order valence-corrected chi connectivity index (χ3v) is 4.71. The SMILES string of the molecule is C[C@@H](c1ccccc1)N1C(=O)[C@H](NC(=O)OC(C)(C)C)Cc2ncc(OC(F)(F)F)cc21. The lowest BCUT2D eigenvalue weighted by atomic mass is 9.97. The number of pyridine rings is 1. The highest BCUT2D eigenvalue weighted by Crippen LogP contribution is 2.37. The minimum absolute atomic E-state index is 0.00226. The number of carbonyl (C=O) groups excluding carboxylic acids is 2. The molecule has 1 aliphatic rings. The third-order valence-electron chi connectivity index (χ3n) is 4.71. The van der Waals surface area contributed by atoms with E-state index in [1.807, 2.05) is 6.07 Å². The van der Waals surface area contributed by atoms with Gasteiger partial charge in [-0.2, -0.15) is 0 Å². The number of rotatable bonds is 4. The van der Waals surface area contributed by atoms with Crippen molar-refractivity contribution < 1.29 is 32.2 Å². The van der Waals surface area contributed by atoms with E-state index in [1.54, 1.807) is 52.0 Å². The number of fused-ring (bicyclic) bond motifs is 1. The van der Waals surface area contributed by atoms with E-state index in [0.29, 0.717) is 5.69 Å². The molecule has 7 nitrogen and oxygen atoms in total. The molecular formula is C22H24F3N3O4. The van der Waals surface area contributed by atoms with Crippen LogP contribution >= 0.6 is 0 Å². The van der Waals surface area contributed by atoms with Gasteiger partial charge in [0, 0.05) is 12.5 Å². The predicted octanol–water partition coefficient (Wildman–Crippen LogP) is 4.52. The molecule has 0 fully saturated rings. The van der Waals surface area contributed by atoms with Crippen molar-refractivity contribution in [3.63, 3.8) is 0 Å². The van der Waals surface area contributed by atoms with E-state index in [0.717, 1.165) is 17.8 Å². The number of nitrogens with zero attached hydrogens (tertiary/aromatic N) is 2. The molecule has 0 saturated heterocycles. The third kappa shape index (κ3) is 5.68. The maximum atomic E-state index is 13.4. The summed E-state index contributed by atoms with van der Waals surface area (Å²) < 4.78 is 47.4. The van der Waals surface area contributed by atoms with E-state index in [4.69, 9.17) is 4.74 Å². The highest BCUT2D eigenvalue weighted by Gasteiger charge is 2.39. The number of alkyl carbamates (subject to hydrolysis) is 1. The van der Waals surface area contributed by atoms with Crippen LogP contribution in [0.5, 0.6) is 5.75 Å². The molecule has 0 spiro atoms. The van der Waals surface area contributed by atoms with E-state index in [1.165, 1.54) is 4.90 Å². The normalized spacial score (nSPS) is 17.4. The van der Waals surface area contributed by atoms with Crippen LogP contribution in [0.2, 0.25) is 0 Å². The van der Waals surface area contributed by atoms with Gasteiger partial charge in [-0.1, -0.05) is 30.3 Å². The molecule has 0 bridgehead atoms. The van der Waals surface area contributed by atoms with E-state index in [2.05, 4.69) is 15.0 Å².